The average molecular weight is 226 g/mol. The second kappa shape index (κ2) is 6.45. The van der Waals surface area contributed by atoms with Gasteiger partial charge in [-0.05, 0) is 32.3 Å². The molecule has 0 saturated carbocycles. The molecule has 1 heterocycles. The van der Waals surface area contributed by atoms with Gasteiger partial charge < -0.3 is 14.9 Å². The number of cyclic esters (lactones) is 1. The fraction of sp³-hybridized carbons (Fsp3) is 0.583. The Kier molecular flexibility index (Phi) is 5.22. The normalized spacial score (nSPS) is 27.1. The molecule has 4 heteroatoms. The van der Waals surface area contributed by atoms with Gasteiger partial charge in [-0.2, -0.15) is 0 Å². The molecule has 1 aliphatic heterocycles. The van der Waals surface area contributed by atoms with Crippen molar-refractivity contribution in [2.24, 2.45) is 0 Å². The summed E-state index contributed by atoms with van der Waals surface area (Å²) < 4.78 is 4.97. The number of allylic oxidation sites excluding steroid dienone is 1. The highest BCUT2D eigenvalue weighted by molar-refractivity contribution is 5.83. The molecule has 0 fully saturated rings. The van der Waals surface area contributed by atoms with Crippen LogP contribution in [0.4, 0.5) is 0 Å². The molecular weight excluding hydrogens is 208 g/mol. The highest BCUT2D eigenvalue weighted by Crippen LogP contribution is 2.14. The minimum Gasteiger partial charge on any atom is -0.456 e. The highest BCUT2D eigenvalue weighted by atomic mass is 16.6. The molecule has 4 nitrogen and oxygen atoms in total. The number of hydrogen-bond donors (Lipinski definition) is 2. The first-order valence-corrected chi connectivity index (χ1v) is 5.49. The topological polar surface area (TPSA) is 66.8 Å². The number of rotatable bonds is 5. The van der Waals surface area contributed by atoms with Crippen LogP contribution in [0.5, 0.6) is 0 Å². The van der Waals surface area contributed by atoms with Gasteiger partial charge in [-0.1, -0.05) is 12.2 Å². The van der Waals surface area contributed by atoms with Gasteiger partial charge in [0.2, 0.25) is 0 Å². The van der Waals surface area contributed by atoms with Crippen LogP contribution in [-0.4, -0.2) is 34.5 Å². The molecule has 1 rings (SSSR count). The molecule has 0 amide bonds. The van der Waals surface area contributed by atoms with Crippen LogP contribution in [0.15, 0.2) is 24.3 Å². The lowest BCUT2D eigenvalue weighted by atomic mass is 10.1. The van der Waals surface area contributed by atoms with Crippen molar-refractivity contribution in [1.82, 2.24) is 0 Å². The van der Waals surface area contributed by atoms with Gasteiger partial charge in [0.15, 0.2) is 0 Å². The Morgan fingerprint density at radius 2 is 2.31 bits per heavy atom. The number of carbonyl (C=O) groups is 1. The van der Waals surface area contributed by atoms with Gasteiger partial charge in [0, 0.05) is 6.08 Å². The largest absolute Gasteiger partial charge is 0.456 e. The maximum atomic E-state index is 10.9. The van der Waals surface area contributed by atoms with Crippen molar-refractivity contribution in [2.45, 2.75) is 44.5 Å². The van der Waals surface area contributed by atoms with E-state index in [-0.39, 0.29) is 6.10 Å². The molecule has 0 spiro atoms. The number of esters is 1. The summed E-state index contributed by atoms with van der Waals surface area (Å²) in [5.41, 5.74) is 0. The van der Waals surface area contributed by atoms with E-state index >= 15 is 0 Å². The van der Waals surface area contributed by atoms with Crippen LogP contribution >= 0.6 is 0 Å². The number of carbonyl (C=O) groups excluding carboxylic acids is 1. The molecule has 1 aliphatic rings. The van der Waals surface area contributed by atoms with Crippen molar-refractivity contribution in [1.29, 1.82) is 0 Å². The SMILES string of the molecule is C[C@H](O)CC=CCC[C@@H]1OC(=O)C=C[C@@H]1O. The standard InChI is InChI=1S/C12H18O4/c1-9(13)5-3-2-4-6-11-10(14)7-8-12(15)16-11/h2-3,7-11,13-14H,4-6H2,1H3/t9-,10-,11-/m0/s1. The zero-order valence-corrected chi connectivity index (χ0v) is 9.37. The summed E-state index contributed by atoms with van der Waals surface area (Å²) in [7, 11) is 0. The van der Waals surface area contributed by atoms with E-state index in [2.05, 4.69) is 0 Å². The molecule has 90 valence electrons. The van der Waals surface area contributed by atoms with E-state index in [4.69, 9.17) is 9.84 Å². The van der Waals surface area contributed by atoms with E-state index < -0.39 is 18.2 Å². The molecule has 0 radical (unpaired) electrons. The van der Waals surface area contributed by atoms with Crippen molar-refractivity contribution >= 4 is 5.97 Å². The zero-order valence-electron chi connectivity index (χ0n) is 9.37. The molecule has 16 heavy (non-hydrogen) atoms. The highest BCUT2D eigenvalue weighted by Gasteiger charge is 2.23. The van der Waals surface area contributed by atoms with Crippen molar-refractivity contribution in [3.8, 4) is 0 Å². The number of hydrogen-bond acceptors (Lipinski definition) is 4. The zero-order chi connectivity index (χ0) is 12.0. The van der Waals surface area contributed by atoms with Crippen LogP contribution < -0.4 is 0 Å². The van der Waals surface area contributed by atoms with Crippen LogP contribution in [0.25, 0.3) is 0 Å². The van der Waals surface area contributed by atoms with Gasteiger partial charge in [-0.3, -0.25) is 0 Å². The Morgan fingerprint density at radius 3 is 3.00 bits per heavy atom. The van der Waals surface area contributed by atoms with Gasteiger partial charge in [0.05, 0.1) is 6.10 Å². The van der Waals surface area contributed by atoms with Crippen LogP contribution in [0.1, 0.15) is 26.2 Å². The van der Waals surface area contributed by atoms with Crippen LogP contribution in [0, 0.1) is 0 Å². The molecule has 0 aromatic heterocycles. The van der Waals surface area contributed by atoms with Crippen LogP contribution in [0.3, 0.4) is 0 Å². The molecule has 0 aromatic carbocycles. The quantitative estimate of drug-likeness (QED) is 0.540. The summed E-state index contributed by atoms with van der Waals surface area (Å²) in [6, 6.07) is 0. The Balaban J connectivity index is 2.25. The lowest BCUT2D eigenvalue weighted by molar-refractivity contribution is -0.149. The third-order valence-corrected chi connectivity index (χ3v) is 2.34. The van der Waals surface area contributed by atoms with E-state index in [0.29, 0.717) is 12.8 Å². The van der Waals surface area contributed by atoms with Gasteiger partial charge in [0.25, 0.3) is 0 Å². The number of aliphatic hydroxyl groups excluding tert-OH is 2. The second-order valence-electron chi connectivity index (χ2n) is 3.96. The lowest BCUT2D eigenvalue weighted by Gasteiger charge is -2.22. The number of ether oxygens (including phenoxy) is 1. The molecule has 0 unspecified atom stereocenters. The molecule has 0 bridgehead atoms. The van der Waals surface area contributed by atoms with E-state index in [1.807, 2.05) is 12.2 Å². The Bertz CT molecular complexity index is 281. The third-order valence-electron chi connectivity index (χ3n) is 2.34. The maximum absolute atomic E-state index is 10.9. The monoisotopic (exact) mass is 226 g/mol. The van der Waals surface area contributed by atoms with E-state index in [1.165, 1.54) is 12.2 Å². The first-order chi connectivity index (χ1) is 7.59. The Morgan fingerprint density at radius 1 is 1.56 bits per heavy atom. The van der Waals surface area contributed by atoms with Crippen molar-refractivity contribution in [2.75, 3.05) is 0 Å². The average Bonchev–Trinajstić information content (AvgIpc) is 2.22. The van der Waals surface area contributed by atoms with Crippen molar-refractivity contribution < 1.29 is 19.7 Å². The smallest absolute Gasteiger partial charge is 0.330 e. The first kappa shape index (κ1) is 12.9. The molecular formula is C12H18O4. The molecule has 2 N–H and O–H groups in total. The maximum Gasteiger partial charge on any atom is 0.330 e. The third kappa shape index (κ3) is 4.59. The molecule has 3 atom stereocenters. The second-order valence-corrected chi connectivity index (χ2v) is 3.96. The van der Waals surface area contributed by atoms with Crippen LogP contribution in [-0.2, 0) is 9.53 Å². The minimum absolute atomic E-state index is 0.336. The van der Waals surface area contributed by atoms with Crippen molar-refractivity contribution in [3.05, 3.63) is 24.3 Å². The van der Waals surface area contributed by atoms with E-state index in [1.54, 1.807) is 6.92 Å². The summed E-state index contributed by atoms with van der Waals surface area (Å²) in [6.45, 7) is 1.72. The van der Waals surface area contributed by atoms with E-state index in [0.717, 1.165) is 6.42 Å². The van der Waals surface area contributed by atoms with Gasteiger partial charge >= 0.3 is 5.97 Å². The minimum atomic E-state index is -0.706. The summed E-state index contributed by atoms with van der Waals surface area (Å²) in [4.78, 5) is 10.9. The summed E-state index contributed by atoms with van der Waals surface area (Å²) >= 11 is 0. The number of aliphatic hydroxyl groups is 2. The predicted molar refractivity (Wildman–Crippen MR) is 59.7 cm³/mol. The van der Waals surface area contributed by atoms with E-state index in [9.17, 15) is 9.90 Å². The van der Waals surface area contributed by atoms with Crippen LogP contribution in [0.2, 0.25) is 0 Å². The summed E-state index contributed by atoms with van der Waals surface area (Å²) in [5, 5.41) is 18.5. The fourth-order valence-corrected chi connectivity index (χ4v) is 1.46. The Hall–Kier alpha value is -1.13. The van der Waals surface area contributed by atoms with Gasteiger partial charge in [-0.25, -0.2) is 4.79 Å². The molecule has 0 aromatic rings. The fourth-order valence-electron chi connectivity index (χ4n) is 1.46. The first-order valence-electron chi connectivity index (χ1n) is 5.49. The lowest BCUT2D eigenvalue weighted by Crippen LogP contribution is -2.32. The van der Waals surface area contributed by atoms with Crippen molar-refractivity contribution in [3.63, 3.8) is 0 Å². The molecule has 0 aliphatic carbocycles. The van der Waals surface area contributed by atoms with Gasteiger partial charge in [-0.15, -0.1) is 0 Å². The van der Waals surface area contributed by atoms with Gasteiger partial charge in [0.1, 0.15) is 12.2 Å². The molecule has 0 saturated heterocycles. The summed E-state index contributed by atoms with van der Waals surface area (Å²) in [5.74, 6) is -0.400. The summed E-state index contributed by atoms with van der Waals surface area (Å²) in [6.07, 6.45) is 6.94. The predicted octanol–water partition coefficient (Wildman–Crippen LogP) is 0.936. The Labute approximate surface area is 95.2 Å².